The number of nitrogens with zero attached hydrogens (tertiary/aromatic N) is 2. The van der Waals surface area contributed by atoms with Gasteiger partial charge in [-0.3, -0.25) is 9.59 Å². The highest BCUT2D eigenvalue weighted by molar-refractivity contribution is 5.94. The predicted octanol–water partition coefficient (Wildman–Crippen LogP) is 3.08. The van der Waals surface area contributed by atoms with Gasteiger partial charge >= 0.3 is 0 Å². The highest BCUT2D eigenvalue weighted by Crippen LogP contribution is 2.38. The zero-order valence-corrected chi connectivity index (χ0v) is 16.9. The molecule has 1 aromatic carbocycles. The molecule has 1 saturated heterocycles. The van der Waals surface area contributed by atoms with Crippen LogP contribution in [0.3, 0.4) is 0 Å². The second-order valence-electron chi connectivity index (χ2n) is 7.83. The number of carbonyl (C=O) groups excluding carboxylic acids is 2. The maximum absolute atomic E-state index is 12.9. The lowest BCUT2D eigenvalue weighted by Crippen LogP contribution is -2.42. The zero-order chi connectivity index (χ0) is 18.4. The molecule has 27 heavy (non-hydrogen) atoms. The Morgan fingerprint density at radius 1 is 0.889 bits per heavy atom. The molecule has 2 N–H and O–H groups in total. The average Bonchev–Trinajstić information content (AvgIpc) is 2.95. The highest BCUT2D eigenvalue weighted by atomic mass is 35.5. The van der Waals surface area contributed by atoms with E-state index in [1.165, 1.54) is 19.3 Å². The van der Waals surface area contributed by atoms with Gasteiger partial charge in [-0.05, 0) is 43.4 Å². The van der Waals surface area contributed by atoms with Gasteiger partial charge in [0.1, 0.15) is 0 Å². The number of rotatable bonds is 4. The Bertz CT molecular complexity index is 617. The molecular formula is C21H32ClN3O2. The van der Waals surface area contributed by atoms with Crippen molar-refractivity contribution in [3.8, 4) is 0 Å². The van der Waals surface area contributed by atoms with Crippen molar-refractivity contribution in [1.29, 1.82) is 0 Å². The van der Waals surface area contributed by atoms with Crippen LogP contribution in [-0.4, -0.2) is 54.3 Å². The summed E-state index contributed by atoms with van der Waals surface area (Å²) >= 11 is 0. The molecule has 1 heterocycles. The van der Waals surface area contributed by atoms with E-state index in [1.807, 2.05) is 40.1 Å². The summed E-state index contributed by atoms with van der Waals surface area (Å²) in [4.78, 5) is 29.4. The summed E-state index contributed by atoms with van der Waals surface area (Å²) in [6.45, 7) is 3.27. The number of benzene rings is 1. The first-order valence-electron chi connectivity index (χ1n) is 9.96. The van der Waals surface area contributed by atoms with Gasteiger partial charge in [0.2, 0.25) is 5.91 Å². The van der Waals surface area contributed by atoms with E-state index in [0.29, 0.717) is 32.6 Å². The molecule has 2 aliphatic rings. The van der Waals surface area contributed by atoms with Gasteiger partial charge in [0.05, 0.1) is 0 Å². The van der Waals surface area contributed by atoms with Crippen LogP contribution < -0.4 is 5.73 Å². The average molecular weight is 394 g/mol. The van der Waals surface area contributed by atoms with E-state index in [2.05, 4.69) is 0 Å². The molecule has 1 aliphatic heterocycles. The van der Waals surface area contributed by atoms with Gasteiger partial charge in [0, 0.05) is 38.2 Å². The van der Waals surface area contributed by atoms with E-state index in [1.54, 1.807) is 0 Å². The Morgan fingerprint density at radius 3 is 2.19 bits per heavy atom. The highest BCUT2D eigenvalue weighted by Gasteiger charge is 2.35. The molecule has 3 rings (SSSR count). The van der Waals surface area contributed by atoms with Crippen LogP contribution in [0.4, 0.5) is 0 Å². The van der Waals surface area contributed by atoms with Crippen molar-refractivity contribution in [3.05, 3.63) is 35.9 Å². The lowest BCUT2D eigenvalue weighted by atomic mass is 9.71. The number of nitrogens with two attached hydrogens (primary N) is 1. The molecular weight excluding hydrogens is 362 g/mol. The van der Waals surface area contributed by atoms with Crippen LogP contribution in [0.5, 0.6) is 0 Å². The number of hydrogen-bond donors (Lipinski definition) is 1. The first kappa shape index (κ1) is 21.7. The van der Waals surface area contributed by atoms with Crippen molar-refractivity contribution in [3.63, 3.8) is 0 Å². The minimum atomic E-state index is 0. The quantitative estimate of drug-likeness (QED) is 0.854. The molecule has 0 radical (unpaired) electrons. The molecule has 0 aromatic heterocycles. The summed E-state index contributed by atoms with van der Waals surface area (Å²) in [6, 6.07) is 9.39. The van der Waals surface area contributed by atoms with Crippen LogP contribution in [0.25, 0.3) is 0 Å². The van der Waals surface area contributed by atoms with Crippen LogP contribution in [0.15, 0.2) is 30.3 Å². The summed E-state index contributed by atoms with van der Waals surface area (Å²) in [5.74, 6) is 0.275. The van der Waals surface area contributed by atoms with Crippen LogP contribution in [0, 0.1) is 5.41 Å². The second kappa shape index (κ2) is 10.1. The minimum Gasteiger partial charge on any atom is -0.341 e. The van der Waals surface area contributed by atoms with E-state index in [4.69, 9.17) is 5.73 Å². The molecule has 6 heteroatoms. The van der Waals surface area contributed by atoms with Gasteiger partial charge in [-0.2, -0.15) is 0 Å². The summed E-state index contributed by atoms with van der Waals surface area (Å²) in [5.41, 5.74) is 6.77. The van der Waals surface area contributed by atoms with Crippen molar-refractivity contribution in [1.82, 2.24) is 9.80 Å². The molecule has 1 aromatic rings. The van der Waals surface area contributed by atoms with Gasteiger partial charge in [-0.15, -0.1) is 12.4 Å². The van der Waals surface area contributed by atoms with Crippen LogP contribution >= 0.6 is 12.4 Å². The smallest absolute Gasteiger partial charge is 0.253 e. The standard InChI is InChI=1S/C21H31N3O2.ClH/c22-17-21(10-5-2-6-11-21)16-19(25)23-12-7-13-24(15-14-23)20(26)18-8-3-1-4-9-18;/h1,3-4,8-9H,2,5-7,10-17,22H2;1H. The van der Waals surface area contributed by atoms with Crippen molar-refractivity contribution < 1.29 is 9.59 Å². The molecule has 0 atom stereocenters. The molecule has 2 fully saturated rings. The Hall–Kier alpha value is -1.59. The second-order valence-corrected chi connectivity index (χ2v) is 7.83. The van der Waals surface area contributed by atoms with E-state index in [-0.39, 0.29) is 29.6 Å². The normalized spacial score (nSPS) is 19.7. The molecule has 2 amide bonds. The van der Waals surface area contributed by atoms with E-state index in [9.17, 15) is 9.59 Å². The van der Waals surface area contributed by atoms with E-state index < -0.39 is 0 Å². The third kappa shape index (κ3) is 5.45. The van der Waals surface area contributed by atoms with Crippen LogP contribution in [-0.2, 0) is 4.79 Å². The number of hydrogen-bond acceptors (Lipinski definition) is 3. The van der Waals surface area contributed by atoms with Crippen molar-refractivity contribution in [2.75, 3.05) is 32.7 Å². The molecule has 150 valence electrons. The predicted molar refractivity (Wildman–Crippen MR) is 110 cm³/mol. The van der Waals surface area contributed by atoms with Gasteiger partial charge in [-0.1, -0.05) is 37.5 Å². The molecule has 0 unspecified atom stereocenters. The van der Waals surface area contributed by atoms with Crippen LogP contribution in [0.1, 0.15) is 55.3 Å². The first-order valence-corrected chi connectivity index (χ1v) is 9.96. The zero-order valence-electron chi connectivity index (χ0n) is 16.1. The number of amides is 2. The maximum atomic E-state index is 12.9. The topological polar surface area (TPSA) is 66.6 Å². The Labute approximate surface area is 168 Å². The number of halogens is 1. The largest absolute Gasteiger partial charge is 0.341 e. The van der Waals surface area contributed by atoms with Gasteiger partial charge in [0.15, 0.2) is 0 Å². The third-order valence-electron chi connectivity index (χ3n) is 6.03. The van der Waals surface area contributed by atoms with Gasteiger partial charge in [0.25, 0.3) is 5.91 Å². The SMILES string of the molecule is Cl.NCC1(CC(=O)N2CCCN(C(=O)c3ccccc3)CC2)CCCCC1. The lowest BCUT2D eigenvalue weighted by molar-refractivity contribution is -0.134. The molecule has 0 spiro atoms. The Kier molecular flexibility index (Phi) is 8.11. The van der Waals surface area contributed by atoms with Crippen molar-refractivity contribution in [2.45, 2.75) is 44.9 Å². The minimum absolute atomic E-state index is 0. The fourth-order valence-electron chi connectivity index (χ4n) is 4.32. The van der Waals surface area contributed by atoms with E-state index >= 15 is 0 Å². The molecule has 1 aliphatic carbocycles. The Morgan fingerprint density at radius 2 is 1.52 bits per heavy atom. The molecule has 0 bridgehead atoms. The monoisotopic (exact) mass is 393 g/mol. The maximum Gasteiger partial charge on any atom is 0.253 e. The lowest BCUT2D eigenvalue weighted by Gasteiger charge is -2.37. The van der Waals surface area contributed by atoms with Crippen molar-refractivity contribution >= 4 is 24.2 Å². The Balaban J connectivity index is 0.00000261. The van der Waals surface area contributed by atoms with Crippen LogP contribution in [0.2, 0.25) is 0 Å². The van der Waals surface area contributed by atoms with E-state index in [0.717, 1.165) is 31.4 Å². The molecule has 1 saturated carbocycles. The molecule has 5 nitrogen and oxygen atoms in total. The first-order chi connectivity index (χ1) is 12.6. The summed E-state index contributed by atoms with van der Waals surface area (Å²) < 4.78 is 0. The van der Waals surface area contributed by atoms with Crippen molar-refractivity contribution in [2.24, 2.45) is 11.1 Å². The fraction of sp³-hybridized carbons (Fsp3) is 0.619. The summed E-state index contributed by atoms with van der Waals surface area (Å²) in [5, 5.41) is 0. The fourth-order valence-corrected chi connectivity index (χ4v) is 4.32. The summed E-state index contributed by atoms with van der Waals surface area (Å²) in [7, 11) is 0. The van der Waals surface area contributed by atoms with Gasteiger partial charge in [-0.25, -0.2) is 0 Å². The third-order valence-corrected chi connectivity index (χ3v) is 6.03. The summed E-state index contributed by atoms with van der Waals surface area (Å²) in [6.07, 6.45) is 7.17. The number of carbonyl (C=O) groups is 2. The van der Waals surface area contributed by atoms with Gasteiger partial charge < -0.3 is 15.5 Å².